The molecular formula is C12H19N3O. The van der Waals surface area contributed by atoms with E-state index >= 15 is 0 Å². The largest absolute Gasteiger partial charge is 0.507 e. The van der Waals surface area contributed by atoms with Gasteiger partial charge in [-0.3, -0.25) is 0 Å². The lowest BCUT2D eigenvalue weighted by Crippen LogP contribution is -2.01. The van der Waals surface area contributed by atoms with E-state index in [-0.39, 0.29) is 0 Å². The highest BCUT2D eigenvalue weighted by Gasteiger charge is 2.05. The van der Waals surface area contributed by atoms with Crippen LogP contribution < -0.4 is 11.1 Å². The summed E-state index contributed by atoms with van der Waals surface area (Å²) in [5, 5.41) is 13.3. The normalized spacial score (nSPS) is 9.94. The average Bonchev–Trinajstić information content (AvgIpc) is 2.65. The molecule has 0 unspecified atom stereocenters. The molecule has 0 spiro atoms. The number of benzene rings is 1. The molecule has 1 aromatic heterocycles. The van der Waals surface area contributed by atoms with Crippen molar-refractivity contribution < 1.29 is 5.11 Å². The van der Waals surface area contributed by atoms with Gasteiger partial charge < -0.3 is 21.1 Å². The quantitative estimate of drug-likeness (QED) is 0.616. The number of rotatable bonds is 2. The third kappa shape index (κ3) is 2.74. The maximum absolute atomic E-state index is 9.61. The van der Waals surface area contributed by atoms with Crippen LogP contribution in [0.15, 0.2) is 24.4 Å². The lowest BCUT2D eigenvalue weighted by molar-refractivity contribution is 0.481. The van der Waals surface area contributed by atoms with Crippen LogP contribution in [-0.2, 0) is 6.42 Å². The van der Waals surface area contributed by atoms with Gasteiger partial charge in [0, 0.05) is 17.1 Å². The first-order valence-electron chi connectivity index (χ1n) is 5.31. The first-order chi connectivity index (χ1) is 7.74. The molecule has 0 saturated heterocycles. The molecule has 0 bridgehead atoms. The van der Waals surface area contributed by atoms with E-state index in [1.165, 1.54) is 0 Å². The molecule has 0 radical (unpaired) electrons. The van der Waals surface area contributed by atoms with Crippen molar-refractivity contribution in [3.63, 3.8) is 0 Å². The van der Waals surface area contributed by atoms with Crippen molar-refractivity contribution in [3.8, 4) is 5.75 Å². The Labute approximate surface area is 95.5 Å². The number of aromatic nitrogens is 1. The van der Waals surface area contributed by atoms with E-state index in [0.29, 0.717) is 12.3 Å². The summed E-state index contributed by atoms with van der Waals surface area (Å²) in [5.41, 5.74) is 7.51. The average molecular weight is 221 g/mol. The van der Waals surface area contributed by atoms with Crippen LogP contribution in [0.2, 0.25) is 0 Å². The van der Waals surface area contributed by atoms with Crippen LogP contribution in [0.25, 0.3) is 10.9 Å². The number of nitrogens with two attached hydrogens (primary N) is 1. The lowest BCUT2D eigenvalue weighted by atomic mass is 10.1. The predicted molar refractivity (Wildman–Crippen MR) is 67.7 cm³/mol. The summed E-state index contributed by atoms with van der Waals surface area (Å²) >= 11 is 0. The second-order valence-corrected chi connectivity index (χ2v) is 3.55. The topological polar surface area (TPSA) is 74.1 Å². The molecule has 16 heavy (non-hydrogen) atoms. The summed E-state index contributed by atoms with van der Waals surface area (Å²) in [7, 11) is 3.75. The van der Waals surface area contributed by atoms with E-state index in [0.717, 1.165) is 22.9 Å². The standard InChI is InChI=1S/C10H12N2O.C2H7N/c11-5-4-7-6-12-8-2-1-3-9(13)10(7)8;1-3-2/h1-3,6,12-13H,4-5,11H2;3H,1-2H3. The van der Waals surface area contributed by atoms with Crippen molar-refractivity contribution in [2.45, 2.75) is 6.42 Å². The predicted octanol–water partition coefficient (Wildman–Crippen LogP) is 1.21. The summed E-state index contributed by atoms with van der Waals surface area (Å²) in [4.78, 5) is 3.10. The van der Waals surface area contributed by atoms with Crippen molar-refractivity contribution in [2.75, 3.05) is 20.6 Å². The van der Waals surface area contributed by atoms with Gasteiger partial charge in [0.15, 0.2) is 0 Å². The SMILES string of the molecule is CNC.NCCc1c[nH]c2cccc(O)c12. The zero-order chi connectivity index (χ0) is 12.0. The number of hydrogen-bond donors (Lipinski definition) is 4. The number of phenolic OH excluding ortho intramolecular Hbond substituents is 1. The zero-order valence-corrected chi connectivity index (χ0v) is 9.75. The fraction of sp³-hybridized carbons (Fsp3) is 0.333. The highest BCUT2D eigenvalue weighted by molar-refractivity contribution is 5.88. The molecule has 1 aromatic carbocycles. The molecular weight excluding hydrogens is 202 g/mol. The van der Waals surface area contributed by atoms with Crippen LogP contribution in [0.5, 0.6) is 5.75 Å². The fourth-order valence-electron chi connectivity index (χ4n) is 1.59. The van der Waals surface area contributed by atoms with Crippen molar-refractivity contribution in [1.29, 1.82) is 0 Å². The molecule has 0 atom stereocenters. The lowest BCUT2D eigenvalue weighted by Gasteiger charge is -1.98. The van der Waals surface area contributed by atoms with E-state index in [4.69, 9.17) is 5.73 Å². The van der Waals surface area contributed by atoms with E-state index < -0.39 is 0 Å². The molecule has 0 aliphatic heterocycles. The Balaban J connectivity index is 0.000000386. The summed E-state index contributed by atoms with van der Waals surface area (Å²) in [6.45, 7) is 0.598. The van der Waals surface area contributed by atoms with Crippen molar-refractivity contribution >= 4 is 10.9 Å². The van der Waals surface area contributed by atoms with E-state index in [9.17, 15) is 5.11 Å². The second kappa shape index (κ2) is 6.15. The minimum Gasteiger partial charge on any atom is -0.507 e. The highest BCUT2D eigenvalue weighted by atomic mass is 16.3. The summed E-state index contributed by atoms with van der Waals surface area (Å²) < 4.78 is 0. The third-order valence-corrected chi connectivity index (χ3v) is 2.18. The monoisotopic (exact) mass is 221 g/mol. The number of nitrogens with one attached hydrogen (secondary N) is 2. The van der Waals surface area contributed by atoms with Crippen molar-refractivity contribution in [3.05, 3.63) is 30.0 Å². The van der Waals surface area contributed by atoms with Gasteiger partial charge in [0.05, 0.1) is 0 Å². The molecule has 88 valence electrons. The molecule has 5 N–H and O–H groups in total. The maximum atomic E-state index is 9.61. The molecule has 0 aliphatic rings. The van der Waals surface area contributed by atoms with Crippen LogP contribution in [0.3, 0.4) is 0 Å². The van der Waals surface area contributed by atoms with E-state index in [1.54, 1.807) is 6.07 Å². The number of H-pyrrole nitrogens is 1. The smallest absolute Gasteiger partial charge is 0.125 e. The molecule has 0 amide bonds. The first-order valence-corrected chi connectivity index (χ1v) is 5.31. The summed E-state index contributed by atoms with van der Waals surface area (Å²) in [6.07, 6.45) is 2.69. The molecule has 4 heteroatoms. The molecule has 0 saturated carbocycles. The van der Waals surface area contributed by atoms with Gasteiger partial charge in [-0.25, -0.2) is 0 Å². The minimum atomic E-state index is 0.321. The zero-order valence-electron chi connectivity index (χ0n) is 9.75. The van der Waals surface area contributed by atoms with Crippen LogP contribution in [-0.4, -0.2) is 30.7 Å². The molecule has 2 aromatic rings. The van der Waals surface area contributed by atoms with Gasteiger partial charge in [-0.1, -0.05) is 6.07 Å². The molecule has 4 nitrogen and oxygen atoms in total. The Bertz CT molecular complexity index is 437. The molecule has 0 aliphatic carbocycles. The van der Waals surface area contributed by atoms with Gasteiger partial charge in [-0.15, -0.1) is 0 Å². The van der Waals surface area contributed by atoms with Crippen LogP contribution >= 0.6 is 0 Å². The fourth-order valence-corrected chi connectivity index (χ4v) is 1.59. The van der Waals surface area contributed by atoms with E-state index in [1.807, 2.05) is 32.4 Å². The van der Waals surface area contributed by atoms with Gasteiger partial charge in [-0.05, 0) is 44.8 Å². The van der Waals surface area contributed by atoms with E-state index in [2.05, 4.69) is 10.3 Å². The Morgan fingerprint density at radius 1 is 1.38 bits per heavy atom. The first kappa shape index (κ1) is 12.5. The number of aromatic hydroxyl groups is 1. The Hall–Kier alpha value is -1.52. The van der Waals surface area contributed by atoms with Crippen LogP contribution in [0.1, 0.15) is 5.56 Å². The van der Waals surface area contributed by atoms with Crippen LogP contribution in [0.4, 0.5) is 0 Å². The van der Waals surface area contributed by atoms with Gasteiger partial charge in [0.25, 0.3) is 0 Å². The van der Waals surface area contributed by atoms with Gasteiger partial charge >= 0.3 is 0 Å². The molecule has 0 fully saturated rings. The van der Waals surface area contributed by atoms with Gasteiger partial charge in [0.1, 0.15) is 5.75 Å². The summed E-state index contributed by atoms with van der Waals surface area (Å²) in [6, 6.07) is 5.45. The highest BCUT2D eigenvalue weighted by Crippen LogP contribution is 2.27. The van der Waals surface area contributed by atoms with Crippen LogP contribution in [0, 0.1) is 0 Å². The Morgan fingerprint density at radius 3 is 2.69 bits per heavy atom. The number of aromatic amines is 1. The number of fused-ring (bicyclic) bond motifs is 1. The third-order valence-electron chi connectivity index (χ3n) is 2.18. The minimum absolute atomic E-state index is 0.321. The number of hydrogen-bond acceptors (Lipinski definition) is 3. The maximum Gasteiger partial charge on any atom is 0.125 e. The van der Waals surface area contributed by atoms with Crippen molar-refractivity contribution in [2.24, 2.45) is 5.73 Å². The number of phenols is 1. The van der Waals surface area contributed by atoms with Gasteiger partial charge in [0.2, 0.25) is 0 Å². The van der Waals surface area contributed by atoms with Gasteiger partial charge in [-0.2, -0.15) is 0 Å². The summed E-state index contributed by atoms with van der Waals surface area (Å²) in [5.74, 6) is 0.321. The van der Waals surface area contributed by atoms with Crippen molar-refractivity contribution in [1.82, 2.24) is 10.3 Å². The molecule has 2 rings (SSSR count). The Kier molecular flexibility index (Phi) is 4.82. The Morgan fingerprint density at radius 2 is 2.06 bits per heavy atom. The second-order valence-electron chi connectivity index (χ2n) is 3.55. The molecule has 1 heterocycles.